The van der Waals surface area contributed by atoms with Gasteiger partial charge in [0.15, 0.2) is 11.4 Å². The molecule has 1 heterocycles. The molecule has 0 atom stereocenters. The van der Waals surface area contributed by atoms with E-state index < -0.39 is 0 Å². The Kier molecular flexibility index (Phi) is 1.98. The van der Waals surface area contributed by atoms with Gasteiger partial charge in [0.2, 0.25) is 5.69 Å². The molecule has 0 aliphatic rings. The van der Waals surface area contributed by atoms with E-state index in [2.05, 4.69) is 0 Å². The lowest BCUT2D eigenvalue weighted by Gasteiger charge is -2.05. The van der Waals surface area contributed by atoms with Crippen LogP contribution in [0.4, 0.5) is 0 Å². The Balaban J connectivity index is 3.29. The summed E-state index contributed by atoms with van der Waals surface area (Å²) in [6.07, 6.45) is 0.553. The Morgan fingerprint density at radius 1 is 1.55 bits per heavy atom. The molecule has 0 spiro atoms. The number of aryl methyl sites for hydroxylation is 1. The van der Waals surface area contributed by atoms with Crippen LogP contribution in [0.5, 0.6) is 5.75 Å². The van der Waals surface area contributed by atoms with Crippen LogP contribution >= 0.6 is 0 Å². The van der Waals surface area contributed by atoms with Gasteiger partial charge in [0.05, 0.1) is 0 Å². The first kappa shape index (κ1) is 7.85. The first-order chi connectivity index (χ1) is 5.16. The molecule has 0 aliphatic heterocycles. The third-order valence-corrected chi connectivity index (χ3v) is 1.68. The van der Waals surface area contributed by atoms with E-state index in [1.807, 2.05) is 6.92 Å². The van der Waals surface area contributed by atoms with E-state index in [0.29, 0.717) is 17.8 Å². The number of nitrogens with zero attached hydrogens (tertiary/aromatic N) is 1. The van der Waals surface area contributed by atoms with Crippen molar-refractivity contribution in [1.82, 2.24) is 0 Å². The van der Waals surface area contributed by atoms with Crippen molar-refractivity contribution in [3.63, 3.8) is 0 Å². The molecule has 0 fully saturated rings. The number of aromatic nitrogens is 1. The monoisotopic (exact) mass is 153 g/mol. The normalized spacial score (nSPS) is 10.0. The summed E-state index contributed by atoms with van der Waals surface area (Å²) >= 11 is 0. The molecule has 0 unspecified atom stereocenters. The lowest BCUT2D eigenvalue weighted by atomic mass is 10.2. The molecule has 11 heavy (non-hydrogen) atoms. The van der Waals surface area contributed by atoms with Crippen molar-refractivity contribution in [2.45, 2.75) is 20.3 Å². The third-order valence-electron chi connectivity index (χ3n) is 1.68. The first-order valence-electron chi connectivity index (χ1n) is 3.57. The van der Waals surface area contributed by atoms with Crippen molar-refractivity contribution in [3.8, 4) is 5.75 Å². The van der Waals surface area contributed by atoms with Crippen molar-refractivity contribution in [3.05, 3.63) is 28.7 Å². The second-order valence-electron chi connectivity index (χ2n) is 2.45. The van der Waals surface area contributed by atoms with Gasteiger partial charge in [0.1, 0.15) is 0 Å². The van der Waals surface area contributed by atoms with Crippen LogP contribution in [0.3, 0.4) is 0 Å². The fraction of sp³-hybridized carbons (Fsp3) is 0.375. The van der Waals surface area contributed by atoms with Crippen LogP contribution in [-0.4, -0.2) is 5.11 Å². The SMILES string of the molecule is CCc1c(O)ccc(C)[n+]1[O-]. The maximum absolute atomic E-state index is 11.2. The second-order valence-corrected chi connectivity index (χ2v) is 2.45. The maximum atomic E-state index is 11.2. The van der Waals surface area contributed by atoms with Crippen LogP contribution in [0.2, 0.25) is 0 Å². The molecule has 3 nitrogen and oxygen atoms in total. The quantitative estimate of drug-likeness (QED) is 0.481. The summed E-state index contributed by atoms with van der Waals surface area (Å²) in [4.78, 5) is 0. The van der Waals surface area contributed by atoms with Gasteiger partial charge in [-0.25, -0.2) is 0 Å². The lowest BCUT2D eigenvalue weighted by Crippen LogP contribution is -2.34. The summed E-state index contributed by atoms with van der Waals surface area (Å²) in [5, 5.41) is 20.4. The molecule has 0 saturated heterocycles. The minimum atomic E-state index is 0.0769. The second kappa shape index (κ2) is 2.78. The zero-order valence-electron chi connectivity index (χ0n) is 6.66. The summed E-state index contributed by atoms with van der Waals surface area (Å²) in [6.45, 7) is 3.55. The Morgan fingerprint density at radius 3 is 2.64 bits per heavy atom. The van der Waals surface area contributed by atoms with Crippen molar-refractivity contribution in [1.29, 1.82) is 0 Å². The summed E-state index contributed by atoms with van der Waals surface area (Å²) in [7, 11) is 0. The van der Waals surface area contributed by atoms with Crippen LogP contribution < -0.4 is 4.73 Å². The minimum Gasteiger partial charge on any atom is -0.618 e. The van der Waals surface area contributed by atoms with Crippen molar-refractivity contribution in [2.75, 3.05) is 0 Å². The molecule has 1 aromatic heterocycles. The molecule has 3 heteroatoms. The molecule has 0 bridgehead atoms. The fourth-order valence-electron chi connectivity index (χ4n) is 1.01. The van der Waals surface area contributed by atoms with E-state index in [9.17, 15) is 10.3 Å². The molecular weight excluding hydrogens is 142 g/mol. The van der Waals surface area contributed by atoms with Gasteiger partial charge >= 0.3 is 0 Å². The lowest BCUT2D eigenvalue weighted by molar-refractivity contribution is -0.621. The number of rotatable bonds is 1. The van der Waals surface area contributed by atoms with Crippen molar-refractivity contribution < 1.29 is 9.84 Å². The standard InChI is InChI=1S/C8H11NO2/c1-3-7-8(10)5-4-6(2)9(7)11/h4-5,10H,3H2,1-2H3. The molecule has 0 aliphatic carbocycles. The maximum Gasteiger partial charge on any atom is 0.234 e. The Labute approximate surface area is 65.5 Å². The van der Waals surface area contributed by atoms with E-state index >= 15 is 0 Å². The summed E-state index contributed by atoms with van der Waals surface area (Å²) in [5.41, 5.74) is 1.05. The predicted octanol–water partition coefficient (Wildman–Crippen LogP) is 0.896. The zero-order chi connectivity index (χ0) is 8.43. The molecule has 1 aromatic rings. The highest BCUT2D eigenvalue weighted by molar-refractivity contribution is 5.22. The average molecular weight is 153 g/mol. The minimum absolute atomic E-state index is 0.0769. The highest BCUT2D eigenvalue weighted by Crippen LogP contribution is 2.12. The van der Waals surface area contributed by atoms with E-state index in [1.165, 1.54) is 0 Å². The molecule has 60 valence electrons. The van der Waals surface area contributed by atoms with Crippen molar-refractivity contribution in [2.24, 2.45) is 0 Å². The van der Waals surface area contributed by atoms with Crippen LogP contribution in [0.1, 0.15) is 18.3 Å². The van der Waals surface area contributed by atoms with E-state index in [0.717, 1.165) is 4.73 Å². The predicted molar refractivity (Wildman–Crippen MR) is 41.2 cm³/mol. The smallest absolute Gasteiger partial charge is 0.234 e. The largest absolute Gasteiger partial charge is 0.618 e. The molecule has 0 aromatic carbocycles. The fourth-order valence-corrected chi connectivity index (χ4v) is 1.01. The van der Waals surface area contributed by atoms with Gasteiger partial charge in [0, 0.05) is 19.4 Å². The molecule has 0 saturated carbocycles. The van der Waals surface area contributed by atoms with E-state index in [-0.39, 0.29) is 5.75 Å². The first-order valence-corrected chi connectivity index (χ1v) is 3.57. The third kappa shape index (κ3) is 1.27. The number of hydrogen-bond acceptors (Lipinski definition) is 2. The molecule has 1 N–H and O–H groups in total. The summed E-state index contributed by atoms with van der Waals surface area (Å²) < 4.78 is 0.759. The van der Waals surface area contributed by atoms with Crippen LogP contribution in [0.15, 0.2) is 12.1 Å². The number of hydrogen-bond donors (Lipinski definition) is 1. The van der Waals surface area contributed by atoms with Gasteiger partial charge in [-0.1, -0.05) is 6.92 Å². The number of aromatic hydroxyl groups is 1. The Hall–Kier alpha value is -1.25. The average Bonchev–Trinajstić information content (AvgIpc) is 1.99. The molecular formula is C8H11NO2. The van der Waals surface area contributed by atoms with Crippen LogP contribution in [0, 0.1) is 12.1 Å². The summed E-state index contributed by atoms with van der Waals surface area (Å²) in [5.74, 6) is 0.0769. The summed E-state index contributed by atoms with van der Waals surface area (Å²) in [6, 6.07) is 3.14. The molecule has 1 rings (SSSR count). The van der Waals surface area contributed by atoms with Gasteiger partial charge < -0.3 is 10.3 Å². The van der Waals surface area contributed by atoms with Gasteiger partial charge in [-0.2, -0.15) is 4.73 Å². The van der Waals surface area contributed by atoms with Gasteiger partial charge in [-0.15, -0.1) is 0 Å². The van der Waals surface area contributed by atoms with Crippen LogP contribution in [-0.2, 0) is 6.42 Å². The Morgan fingerprint density at radius 2 is 2.18 bits per heavy atom. The zero-order valence-corrected chi connectivity index (χ0v) is 6.66. The van der Waals surface area contributed by atoms with Crippen LogP contribution in [0.25, 0.3) is 0 Å². The highest BCUT2D eigenvalue weighted by Gasteiger charge is 2.10. The van der Waals surface area contributed by atoms with Gasteiger partial charge in [0.25, 0.3) is 0 Å². The molecule has 0 radical (unpaired) electrons. The van der Waals surface area contributed by atoms with Crippen molar-refractivity contribution >= 4 is 0 Å². The highest BCUT2D eigenvalue weighted by atomic mass is 16.5. The van der Waals surface area contributed by atoms with E-state index in [4.69, 9.17) is 0 Å². The molecule has 0 amide bonds. The number of pyridine rings is 1. The topological polar surface area (TPSA) is 47.2 Å². The van der Waals surface area contributed by atoms with E-state index in [1.54, 1.807) is 19.1 Å². The van der Waals surface area contributed by atoms with Gasteiger partial charge in [-0.05, 0) is 6.07 Å². The Bertz CT molecular complexity index is 271. The van der Waals surface area contributed by atoms with Gasteiger partial charge in [-0.3, -0.25) is 0 Å².